The fraction of sp³-hybridized carbons (Fsp3) is 0.250. The number of rotatable bonds is 8. The molecule has 2 aromatic carbocycles. The first-order valence-corrected chi connectivity index (χ1v) is 9.76. The molecule has 0 aliphatic carbocycles. The monoisotopic (exact) mass is 398 g/mol. The molecule has 0 unspecified atom stereocenters. The maximum atomic E-state index is 12.3. The van der Waals surface area contributed by atoms with E-state index in [0.717, 1.165) is 16.7 Å². The van der Waals surface area contributed by atoms with Crippen molar-refractivity contribution in [1.82, 2.24) is 4.90 Å². The van der Waals surface area contributed by atoms with Gasteiger partial charge in [0.15, 0.2) is 0 Å². The largest absolute Gasteiger partial charge is 0.302 e. The molecular weight excluding hydrogens is 380 g/mol. The molecule has 144 valence electrons. The summed E-state index contributed by atoms with van der Waals surface area (Å²) < 4.78 is 0. The van der Waals surface area contributed by atoms with E-state index in [-0.39, 0.29) is 30.3 Å². The molecule has 1 aliphatic rings. The average molecular weight is 398 g/mol. The smallest absolute Gasteiger partial charge is 0.269 e. The highest BCUT2D eigenvalue weighted by atomic mass is 32.2. The van der Waals surface area contributed by atoms with Crippen molar-refractivity contribution >= 4 is 35.5 Å². The number of hydrogen-bond donors (Lipinski definition) is 0. The summed E-state index contributed by atoms with van der Waals surface area (Å²) in [6.45, 7) is 0. The summed E-state index contributed by atoms with van der Waals surface area (Å²) in [5.41, 5.74) is 1.44. The Labute approximate surface area is 165 Å². The summed E-state index contributed by atoms with van der Waals surface area (Å²) >= 11 is 1.33. The number of carbonyl (C=O) groups is 3. The second kappa shape index (κ2) is 8.79. The molecule has 28 heavy (non-hydrogen) atoms. The van der Waals surface area contributed by atoms with Crippen LogP contribution in [-0.2, 0) is 20.1 Å². The molecule has 0 bridgehead atoms. The average Bonchev–Trinajstić information content (AvgIpc) is 3.04. The minimum absolute atomic E-state index is 0.0961. The second-order valence-corrected chi connectivity index (χ2v) is 7.51. The molecule has 1 aliphatic heterocycles. The Hall–Kier alpha value is -3.00. The summed E-state index contributed by atoms with van der Waals surface area (Å²) in [7, 11) is 0. The number of non-ortho nitro benzene ring substituents is 1. The van der Waals surface area contributed by atoms with Gasteiger partial charge in [-0.1, -0.05) is 42.5 Å². The lowest BCUT2D eigenvalue weighted by Crippen LogP contribution is -2.39. The highest BCUT2D eigenvalue weighted by molar-refractivity contribution is 7.99. The predicted molar refractivity (Wildman–Crippen MR) is 105 cm³/mol. The van der Waals surface area contributed by atoms with E-state index in [1.165, 1.54) is 36.0 Å². The Morgan fingerprint density at radius 1 is 1.04 bits per heavy atom. The lowest BCUT2D eigenvalue weighted by atomic mass is 10.0. The van der Waals surface area contributed by atoms with Crippen LogP contribution in [0.15, 0.2) is 54.6 Å². The fourth-order valence-electron chi connectivity index (χ4n) is 3.15. The second-order valence-electron chi connectivity index (χ2n) is 6.35. The van der Waals surface area contributed by atoms with Gasteiger partial charge >= 0.3 is 0 Å². The number of carbonyl (C=O) groups excluding carboxylic acids is 3. The lowest BCUT2D eigenvalue weighted by Gasteiger charge is -2.30. The van der Waals surface area contributed by atoms with Crippen molar-refractivity contribution in [3.63, 3.8) is 0 Å². The zero-order valence-electron chi connectivity index (χ0n) is 14.9. The van der Waals surface area contributed by atoms with Gasteiger partial charge in [-0.05, 0) is 11.1 Å². The molecule has 1 saturated heterocycles. The summed E-state index contributed by atoms with van der Waals surface area (Å²) in [6, 6.07) is 14.4. The number of nitro groups is 1. The molecule has 2 atom stereocenters. The zero-order valence-corrected chi connectivity index (χ0v) is 15.7. The molecule has 0 aromatic heterocycles. The standard InChI is InChI=1S/C20H18N2O5S/c23-12-17(28-13-14-4-2-1-3-5-14)20(21-18(24)10-11-19(21)25)15-6-8-16(9-7-15)22(26)27/h1-9,12,17,20H,10-11,13H2/t17-,20-/m1/s1. The Balaban J connectivity index is 1.92. The highest BCUT2D eigenvalue weighted by Crippen LogP contribution is 2.36. The molecule has 8 heteroatoms. The van der Waals surface area contributed by atoms with Gasteiger partial charge in [0.2, 0.25) is 11.8 Å². The van der Waals surface area contributed by atoms with Gasteiger partial charge in [-0.25, -0.2) is 0 Å². The molecule has 1 fully saturated rings. The van der Waals surface area contributed by atoms with E-state index in [2.05, 4.69) is 0 Å². The van der Waals surface area contributed by atoms with Gasteiger partial charge in [0.25, 0.3) is 5.69 Å². The van der Waals surface area contributed by atoms with Gasteiger partial charge in [0, 0.05) is 30.7 Å². The molecule has 0 spiro atoms. The van der Waals surface area contributed by atoms with E-state index in [1.807, 2.05) is 30.3 Å². The van der Waals surface area contributed by atoms with Gasteiger partial charge in [0.1, 0.15) is 6.29 Å². The summed E-state index contributed by atoms with van der Waals surface area (Å²) in [5, 5.41) is 10.2. The SMILES string of the molecule is O=C[C@@H](SCc1ccccc1)[C@@H](c1ccc([N+](=O)[O-])cc1)N1C(=O)CCC1=O. The summed E-state index contributed by atoms with van der Waals surface area (Å²) in [5.74, 6) is -0.134. The van der Waals surface area contributed by atoms with Crippen LogP contribution in [0.3, 0.4) is 0 Å². The predicted octanol–water partition coefficient (Wildman–Crippen LogP) is 3.29. The van der Waals surface area contributed by atoms with Gasteiger partial charge in [-0.15, -0.1) is 11.8 Å². The molecule has 7 nitrogen and oxygen atoms in total. The molecule has 1 heterocycles. The minimum atomic E-state index is -0.797. The molecule has 0 saturated carbocycles. The number of nitrogens with zero attached hydrogens (tertiary/aromatic N) is 2. The normalized spacial score (nSPS) is 16.1. The quantitative estimate of drug-likeness (QED) is 0.293. The van der Waals surface area contributed by atoms with Crippen LogP contribution in [0.5, 0.6) is 0 Å². The van der Waals surface area contributed by atoms with E-state index < -0.39 is 16.2 Å². The van der Waals surface area contributed by atoms with Crippen LogP contribution >= 0.6 is 11.8 Å². The van der Waals surface area contributed by atoms with Crippen molar-refractivity contribution in [2.45, 2.75) is 29.9 Å². The third kappa shape index (κ3) is 4.28. The van der Waals surface area contributed by atoms with Gasteiger partial charge < -0.3 is 4.79 Å². The van der Waals surface area contributed by atoms with Crippen molar-refractivity contribution in [1.29, 1.82) is 0 Å². The Morgan fingerprint density at radius 3 is 2.18 bits per heavy atom. The van der Waals surface area contributed by atoms with Crippen molar-refractivity contribution < 1.29 is 19.3 Å². The zero-order chi connectivity index (χ0) is 20.1. The third-order valence-corrected chi connectivity index (χ3v) is 5.80. The first-order chi connectivity index (χ1) is 13.5. The minimum Gasteiger partial charge on any atom is -0.302 e. The van der Waals surface area contributed by atoms with Crippen LogP contribution < -0.4 is 0 Å². The molecule has 0 radical (unpaired) electrons. The number of hydrogen-bond acceptors (Lipinski definition) is 6. The van der Waals surface area contributed by atoms with Gasteiger partial charge in [-0.2, -0.15) is 0 Å². The van der Waals surface area contributed by atoms with Crippen molar-refractivity contribution in [2.75, 3.05) is 0 Å². The van der Waals surface area contributed by atoms with Crippen LogP contribution in [-0.4, -0.2) is 33.2 Å². The number of imide groups is 1. The van der Waals surface area contributed by atoms with Crippen molar-refractivity contribution in [3.05, 3.63) is 75.8 Å². The first kappa shape index (κ1) is 19.8. The van der Waals surface area contributed by atoms with Crippen LogP contribution in [0.2, 0.25) is 0 Å². The number of thioether (sulfide) groups is 1. The van der Waals surface area contributed by atoms with Crippen LogP contribution in [0, 0.1) is 10.1 Å². The summed E-state index contributed by atoms with van der Waals surface area (Å²) in [4.78, 5) is 48.1. The maximum absolute atomic E-state index is 12.3. The molecule has 0 N–H and O–H groups in total. The molecule has 2 amide bonds. The number of aldehydes is 1. The van der Waals surface area contributed by atoms with Crippen molar-refractivity contribution in [2.24, 2.45) is 0 Å². The van der Waals surface area contributed by atoms with Crippen LogP contribution in [0.25, 0.3) is 0 Å². The van der Waals surface area contributed by atoms with Crippen molar-refractivity contribution in [3.8, 4) is 0 Å². The topological polar surface area (TPSA) is 97.6 Å². The maximum Gasteiger partial charge on any atom is 0.269 e. The van der Waals surface area contributed by atoms with Gasteiger partial charge in [-0.3, -0.25) is 24.6 Å². The van der Waals surface area contributed by atoms with E-state index in [0.29, 0.717) is 11.3 Å². The number of amides is 2. The number of likely N-dealkylation sites (tertiary alicyclic amines) is 1. The number of nitro benzene ring substituents is 1. The van der Waals surface area contributed by atoms with E-state index in [9.17, 15) is 24.5 Å². The van der Waals surface area contributed by atoms with E-state index >= 15 is 0 Å². The Morgan fingerprint density at radius 2 is 1.64 bits per heavy atom. The highest BCUT2D eigenvalue weighted by Gasteiger charge is 2.40. The van der Waals surface area contributed by atoms with E-state index in [4.69, 9.17) is 0 Å². The summed E-state index contributed by atoms with van der Waals surface area (Å²) in [6.07, 6.45) is 0.951. The fourth-order valence-corrected chi connectivity index (χ4v) is 4.27. The Bertz CT molecular complexity index is 869. The first-order valence-electron chi connectivity index (χ1n) is 8.71. The molecule has 2 aromatic rings. The molecular formula is C20H18N2O5S. The Kier molecular flexibility index (Phi) is 6.20. The molecule has 3 rings (SSSR count). The number of benzene rings is 2. The van der Waals surface area contributed by atoms with Crippen LogP contribution in [0.1, 0.15) is 30.0 Å². The van der Waals surface area contributed by atoms with Gasteiger partial charge in [0.05, 0.1) is 16.2 Å². The van der Waals surface area contributed by atoms with E-state index in [1.54, 1.807) is 0 Å². The third-order valence-electron chi connectivity index (χ3n) is 4.54. The lowest BCUT2D eigenvalue weighted by molar-refractivity contribution is -0.384. The van der Waals surface area contributed by atoms with Crippen LogP contribution in [0.4, 0.5) is 5.69 Å².